The van der Waals surface area contributed by atoms with Crippen LogP contribution in [0.2, 0.25) is 103 Å². The van der Waals surface area contributed by atoms with Gasteiger partial charge in [0.1, 0.15) is 38.6 Å². The van der Waals surface area contributed by atoms with Crippen molar-refractivity contribution in [3.63, 3.8) is 0 Å². The molecule has 0 spiro atoms. The molecule has 3 fully saturated rings. The summed E-state index contributed by atoms with van der Waals surface area (Å²) in [6, 6.07) is 20.8. The Kier molecular flexibility index (Phi) is 27.7. The minimum Gasteiger partial charge on any atom is -0.399 e. The summed E-state index contributed by atoms with van der Waals surface area (Å²) in [6.45, 7) is 41.9. The molecule has 0 radical (unpaired) electrons. The molecule has 9 heterocycles. The summed E-state index contributed by atoms with van der Waals surface area (Å²) in [6.07, 6.45) is 27.3. The summed E-state index contributed by atoms with van der Waals surface area (Å²) in [4.78, 5) is 23.8. The standard InChI is InChI=1S/C32H49N7O2Si2.C24H43IN4O2Si2.C14H18BN3O2.CH4/c1-42(2,3)19-17-40-24-37(25-41-18-20-43(4,5)6)31-21-29(26-11-8-7-9-12-26)36-32-28(23-35-39(31)32)27-13-14-30(33-22-27)38-16-10-15-34-38;1-32(2,3)14-12-30-18-28(19-31-13-15-33(4,5)6)23-16-22(20-10-8-7-9-11-20)27-24-21(25)17-26-29(23)24;1-13(2)14(3,4)20-15(19-13)11-6-7-12(16-10-11)18-9-5-8-17-18;/h10,13-16,21-23,26H,7-9,11-12,17-20,24-25H2,1-6H3;16-17,20H,7-15,18-19H2,1-6H3;5-10H,1-4H3;1H4. The Morgan fingerprint density at radius 1 is 0.515 bits per heavy atom. The molecule has 8 aromatic heterocycles. The van der Waals surface area contributed by atoms with Gasteiger partial charge >= 0.3 is 7.12 Å². The molecule has 0 aromatic carbocycles. The molecule has 2 aliphatic carbocycles. The number of ether oxygens (including phenoxy) is 4. The number of fused-ring (bicyclic) bond motifs is 2. The van der Waals surface area contributed by atoms with Crippen molar-refractivity contribution in [3.8, 4) is 22.8 Å². The van der Waals surface area contributed by atoms with E-state index in [0.717, 1.165) is 111 Å². The smallest absolute Gasteiger partial charge is 0.399 e. The molecule has 0 bridgehead atoms. The first-order valence-corrected chi connectivity index (χ1v) is 50.9. The fourth-order valence-corrected chi connectivity index (χ4v) is 15.0. The average Bonchev–Trinajstić information content (AvgIpc) is 1.59. The maximum atomic E-state index is 6.31. The van der Waals surface area contributed by atoms with Crippen molar-refractivity contribution in [3.05, 3.63) is 113 Å². The fraction of sp³-hybridized carbons (Fsp3) is 0.606. The van der Waals surface area contributed by atoms with Crippen LogP contribution in [-0.4, -0.2) is 163 Å². The number of halogens is 1. The Balaban J connectivity index is 0.000000197. The molecule has 0 N–H and O–H groups in total. The normalized spacial score (nSPS) is 16.2. The monoisotopic (exact) mass is 1510 g/mol. The van der Waals surface area contributed by atoms with E-state index >= 15 is 0 Å². The van der Waals surface area contributed by atoms with Crippen molar-refractivity contribution in [2.75, 3.05) is 63.2 Å². The summed E-state index contributed by atoms with van der Waals surface area (Å²) in [5, 5.41) is 18.0. The zero-order chi connectivity index (χ0) is 68.9. The zero-order valence-electron chi connectivity index (χ0n) is 60.6. The summed E-state index contributed by atoms with van der Waals surface area (Å²) in [7, 11) is -5.04. The van der Waals surface area contributed by atoms with Crippen LogP contribution in [-0.2, 0) is 28.3 Å². The molecule has 20 nitrogen and oxygen atoms in total. The van der Waals surface area contributed by atoms with Crippen molar-refractivity contribution >= 4 is 90.4 Å². The molecular weight excluding hydrogens is 1390 g/mol. The van der Waals surface area contributed by atoms with Gasteiger partial charge in [0.15, 0.2) is 22.9 Å². The molecule has 2 saturated carbocycles. The van der Waals surface area contributed by atoms with E-state index in [9.17, 15) is 0 Å². The molecule has 26 heteroatoms. The third kappa shape index (κ3) is 22.7. The van der Waals surface area contributed by atoms with E-state index < -0.39 is 32.3 Å². The number of rotatable bonds is 28. The lowest BCUT2D eigenvalue weighted by Crippen LogP contribution is -2.41. The van der Waals surface area contributed by atoms with Gasteiger partial charge in [-0.05, 0) is 130 Å². The largest absolute Gasteiger partial charge is 0.496 e. The van der Waals surface area contributed by atoms with Crippen LogP contribution >= 0.6 is 22.6 Å². The van der Waals surface area contributed by atoms with E-state index in [1.165, 1.54) is 69.9 Å². The molecule has 3 aliphatic rings. The second kappa shape index (κ2) is 34.6. The quantitative estimate of drug-likeness (QED) is 0.0195. The van der Waals surface area contributed by atoms with E-state index in [1.54, 1.807) is 28.0 Å². The van der Waals surface area contributed by atoms with Crippen LogP contribution in [0.4, 0.5) is 11.6 Å². The summed E-state index contributed by atoms with van der Waals surface area (Å²) < 4.78 is 45.5. The van der Waals surface area contributed by atoms with Gasteiger partial charge in [-0.1, -0.05) is 131 Å². The van der Waals surface area contributed by atoms with Crippen LogP contribution in [0.25, 0.3) is 34.1 Å². The molecule has 11 rings (SSSR count). The number of hydrogen-bond acceptors (Lipinski definition) is 16. The molecule has 0 unspecified atom stereocenters. The second-order valence-electron chi connectivity index (χ2n) is 32.1. The molecule has 530 valence electrons. The van der Waals surface area contributed by atoms with Crippen LogP contribution in [0.5, 0.6) is 0 Å². The molecule has 97 heavy (non-hydrogen) atoms. The number of hydrogen-bond donors (Lipinski definition) is 0. The maximum Gasteiger partial charge on any atom is 0.496 e. The highest BCUT2D eigenvalue weighted by Crippen LogP contribution is 2.39. The van der Waals surface area contributed by atoms with Gasteiger partial charge < -0.3 is 38.1 Å². The van der Waals surface area contributed by atoms with E-state index in [-0.39, 0.29) is 25.7 Å². The lowest BCUT2D eigenvalue weighted by atomic mass is 9.80. The van der Waals surface area contributed by atoms with Gasteiger partial charge in [0.2, 0.25) is 0 Å². The van der Waals surface area contributed by atoms with Crippen LogP contribution < -0.4 is 15.3 Å². The van der Waals surface area contributed by atoms with Crippen molar-refractivity contribution in [2.45, 2.75) is 225 Å². The second-order valence-corrected chi connectivity index (χ2v) is 55.7. The van der Waals surface area contributed by atoms with E-state index in [2.05, 4.69) is 154 Å². The Morgan fingerprint density at radius 3 is 1.30 bits per heavy atom. The molecule has 0 amide bonds. The van der Waals surface area contributed by atoms with Crippen molar-refractivity contribution in [1.29, 1.82) is 0 Å². The van der Waals surface area contributed by atoms with Crippen molar-refractivity contribution in [1.82, 2.24) is 58.7 Å². The Labute approximate surface area is 597 Å². The van der Waals surface area contributed by atoms with Gasteiger partial charge in [-0.2, -0.15) is 29.4 Å². The van der Waals surface area contributed by atoms with Crippen LogP contribution in [0, 0.1) is 3.57 Å². The molecule has 1 aliphatic heterocycles. The Hall–Kier alpha value is -5.02. The number of aromatic nitrogens is 12. The van der Waals surface area contributed by atoms with E-state index in [4.69, 9.17) is 43.3 Å². The van der Waals surface area contributed by atoms with Gasteiger partial charge in [-0.3, -0.25) is 0 Å². The highest BCUT2D eigenvalue weighted by Gasteiger charge is 2.52. The van der Waals surface area contributed by atoms with Crippen molar-refractivity contribution in [2.24, 2.45) is 0 Å². The SMILES string of the molecule is C.CC1(C)OB(c2ccc(-n3cccn3)nc2)OC1(C)C.C[Si](C)(C)CCOCN(COCC[Si](C)(C)C)c1cc(C2CCCCC2)nc2c(-c3ccc(-n4cccn4)nc3)cnn12.C[Si](C)(C)CCOCN(COCC[Si](C)(C)C)c1cc(C2CCCCC2)nc2c(I)cnn12. The van der Waals surface area contributed by atoms with Gasteiger partial charge in [0, 0.05) is 148 Å². The molecular formula is C71H114BIN14O6Si4. The van der Waals surface area contributed by atoms with Gasteiger partial charge in [0.25, 0.3) is 0 Å². The minimum atomic E-state index is -1.20. The fourth-order valence-electron chi connectivity index (χ4n) is 11.5. The lowest BCUT2D eigenvalue weighted by Gasteiger charge is -2.32. The molecule has 1 saturated heterocycles. The van der Waals surface area contributed by atoms with Crippen molar-refractivity contribution < 1.29 is 28.3 Å². The molecule has 0 atom stereocenters. The predicted molar refractivity (Wildman–Crippen MR) is 415 cm³/mol. The Bertz CT molecular complexity index is 3590. The molecule has 8 aromatic rings. The maximum absolute atomic E-state index is 6.31. The first-order chi connectivity index (χ1) is 45.5. The number of pyridine rings is 2. The van der Waals surface area contributed by atoms with Crippen LogP contribution in [0.15, 0.2) is 98.1 Å². The average molecular weight is 1510 g/mol. The third-order valence-electron chi connectivity index (χ3n) is 18.4. The predicted octanol–water partition coefficient (Wildman–Crippen LogP) is 16.5. The topological polar surface area (TPSA) is 184 Å². The first-order valence-electron chi connectivity index (χ1n) is 35.0. The Morgan fingerprint density at radius 2 is 0.918 bits per heavy atom. The van der Waals surface area contributed by atoms with E-state index in [0.29, 0.717) is 38.8 Å². The van der Waals surface area contributed by atoms with E-state index in [1.807, 2.05) is 98.0 Å². The van der Waals surface area contributed by atoms with Gasteiger partial charge in [-0.15, -0.1) is 0 Å². The van der Waals surface area contributed by atoms with Crippen LogP contribution in [0.1, 0.15) is 123 Å². The summed E-state index contributed by atoms with van der Waals surface area (Å²) in [5.41, 5.74) is 6.33. The highest BCUT2D eigenvalue weighted by atomic mass is 127. The lowest BCUT2D eigenvalue weighted by molar-refractivity contribution is 0.00578. The van der Waals surface area contributed by atoms with Gasteiger partial charge in [-0.25, -0.2) is 29.3 Å². The van der Waals surface area contributed by atoms with Gasteiger partial charge in [0.05, 0.1) is 27.2 Å². The number of nitrogens with zero attached hydrogens (tertiary/aromatic N) is 14. The highest BCUT2D eigenvalue weighted by molar-refractivity contribution is 14.1. The summed E-state index contributed by atoms with van der Waals surface area (Å²) >= 11 is 2.35. The first kappa shape index (κ1) is 77.7. The van der Waals surface area contributed by atoms with Crippen LogP contribution in [0.3, 0.4) is 0 Å². The minimum absolute atomic E-state index is 0. The third-order valence-corrected chi connectivity index (χ3v) is 26.0. The summed E-state index contributed by atoms with van der Waals surface area (Å²) in [5.74, 6) is 4.54. The zero-order valence-corrected chi connectivity index (χ0v) is 66.8. The number of anilines is 2.